The number of benzene rings is 3. The molecule has 2 heterocycles. The zero-order chi connectivity index (χ0) is 30.4. The van der Waals surface area contributed by atoms with Gasteiger partial charge in [-0.05, 0) is 60.7 Å². The summed E-state index contributed by atoms with van der Waals surface area (Å²) in [5.41, 5.74) is -4.17. The van der Waals surface area contributed by atoms with Gasteiger partial charge < -0.3 is 9.47 Å². The van der Waals surface area contributed by atoms with E-state index in [9.17, 15) is 45.5 Å². The Kier molecular flexibility index (Phi) is 6.84. The van der Waals surface area contributed by atoms with E-state index in [0.29, 0.717) is 12.1 Å². The molecule has 2 aliphatic rings. The molecule has 0 N–H and O–H groups in total. The van der Waals surface area contributed by atoms with E-state index in [1.165, 1.54) is 24.3 Å². The number of carbonyl (C=O) groups is 4. The maximum absolute atomic E-state index is 14.1. The van der Waals surface area contributed by atoms with Crippen molar-refractivity contribution in [2.24, 2.45) is 0 Å². The van der Waals surface area contributed by atoms with Crippen molar-refractivity contribution in [3.05, 3.63) is 96.1 Å². The van der Waals surface area contributed by atoms with Gasteiger partial charge in [-0.2, -0.15) is 26.3 Å². The van der Waals surface area contributed by atoms with Crippen LogP contribution in [0, 0.1) is 0 Å². The summed E-state index contributed by atoms with van der Waals surface area (Å²) < 4.78 is 95.1. The third-order valence-corrected chi connectivity index (χ3v) is 5.96. The second kappa shape index (κ2) is 10.2. The summed E-state index contributed by atoms with van der Waals surface area (Å²) in [6.07, 6.45) is -7.02. The molecule has 0 spiro atoms. The van der Waals surface area contributed by atoms with E-state index in [-0.39, 0.29) is 22.9 Å². The van der Waals surface area contributed by atoms with Crippen molar-refractivity contribution in [2.45, 2.75) is 12.4 Å². The van der Waals surface area contributed by atoms with Crippen molar-refractivity contribution >= 4 is 35.0 Å². The topological polar surface area (TPSA) is 93.2 Å². The van der Waals surface area contributed by atoms with E-state index < -0.39 is 58.6 Å². The number of amides is 4. The summed E-state index contributed by atoms with van der Waals surface area (Å²) in [5.74, 6) is -5.58. The molecule has 4 amide bonds. The third-order valence-electron chi connectivity index (χ3n) is 5.96. The van der Waals surface area contributed by atoms with E-state index in [4.69, 9.17) is 9.47 Å². The minimum atomic E-state index is -5.55. The van der Waals surface area contributed by atoms with Crippen molar-refractivity contribution in [2.75, 3.05) is 9.80 Å². The van der Waals surface area contributed by atoms with Gasteiger partial charge in [-0.1, -0.05) is 0 Å². The lowest BCUT2D eigenvalue weighted by atomic mass is 10.0. The molecule has 5 rings (SSSR count). The molecule has 0 saturated carbocycles. The van der Waals surface area contributed by atoms with Crippen LogP contribution in [0.1, 0.15) is 11.1 Å². The monoisotopic (exact) mass is 588 g/mol. The number of imide groups is 2. The average molecular weight is 588 g/mol. The quantitative estimate of drug-likeness (QED) is 0.253. The molecule has 8 nitrogen and oxygen atoms in total. The predicted molar refractivity (Wildman–Crippen MR) is 133 cm³/mol. The largest absolute Gasteiger partial charge is 0.457 e. The molecule has 214 valence electrons. The highest BCUT2D eigenvalue weighted by Gasteiger charge is 2.48. The van der Waals surface area contributed by atoms with Crippen molar-refractivity contribution in [3.63, 3.8) is 0 Å². The predicted octanol–water partition coefficient (Wildman–Crippen LogP) is 6.17. The van der Waals surface area contributed by atoms with Crippen molar-refractivity contribution in [3.8, 4) is 23.0 Å². The lowest BCUT2D eigenvalue weighted by Crippen LogP contribution is -2.29. The lowest BCUT2D eigenvalue weighted by molar-refractivity contribution is -0.163. The van der Waals surface area contributed by atoms with Crippen LogP contribution >= 0.6 is 0 Å². The second-order valence-corrected chi connectivity index (χ2v) is 8.69. The number of nitrogens with zero attached hydrogens (tertiary/aromatic N) is 2. The van der Waals surface area contributed by atoms with Gasteiger partial charge in [-0.25, -0.2) is 9.80 Å². The number of halogens is 6. The fourth-order valence-corrected chi connectivity index (χ4v) is 4.19. The van der Waals surface area contributed by atoms with Crippen molar-refractivity contribution in [1.82, 2.24) is 0 Å². The smallest absolute Gasteiger partial charge is 0.420 e. The second-order valence-electron chi connectivity index (χ2n) is 8.69. The van der Waals surface area contributed by atoms with E-state index in [1.807, 2.05) is 0 Å². The summed E-state index contributed by atoms with van der Waals surface area (Å²) in [6.45, 7) is 0. The molecular weight excluding hydrogens is 574 g/mol. The number of rotatable bonds is 6. The van der Waals surface area contributed by atoms with Gasteiger partial charge in [0.15, 0.2) is 0 Å². The van der Waals surface area contributed by atoms with E-state index in [2.05, 4.69) is 0 Å². The Morgan fingerprint density at radius 2 is 0.738 bits per heavy atom. The van der Waals surface area contributed by atoms with E-state index in [1.54, 1.807) is 0 Å². The normalized spacial score (nSPS) is 15.3. The molecule has 3 aromatic rings. The molecular formula is C28H14F6N2O6. The minimum absolute atomic E-state index is 0.0684. The van der Waals surface area contributed by atoms with Crippen LogP contribution in [0.4, 0.5) is 37.7 Å². The Labute approximate surface area is 231 Å². The summed E-state index contributed by atoms with van der Waals surface area (Å²) in [4.78, 5) is 48.9. The molecule has 0 aliphatic carbocycles. The molecule has 3 aromatic carbocycles. The van der Waals surface area contributed by atoms with Crippen LogP contribution in [-0.4, -0.2) is 23.6 Å². The van der Waals surface area contributed by atoms with Crippen LogP contribution in [0.3, 0.4) is 0 Å². The SMILES string of the molecule is O=C1C=CC(=O)N1c1ccc(Oc2ccc(Oc3ccc(N4C(=O)C=CC4=O)cc3)c(C(F)(F)F)c2C(F)(F)F)cc1. The maximum Gasteiger partial charge on any atom is 0.420 e. The zero-order valence-electron chi connectivity index (χ0n) is 20.7. The van der Waals surface area contributed by atoms with Gasteiger partial charge in [0.2, 0.25) is 0 Å². The fourth-order valence-electron chi connectivity index (χ4n) is 4.19. The van der Waals surface area contributed by atoms with Gasteiger partial charge in [0.25, 0.3) is 23.6 Å². The van der Waals surface area contributed by atoms with Gasteiger partial charge >= 0.3 is 12.4 Å². The number of hydrogen-bond donors (Lipinski definition) is 0. The first-order chi connectivity index (χ1) is 19.7. The van der Waals surface area contributed by atoms with Crippen LogP contribution in [-0.2, 0) is 31.5 Å². The van der Waals surface area contributed by atoms with Crippen LogP contribution in [0.25, 0.3) is 0 Å². The number of carbonyl (C=O) groups excluding carboxylic acids is 4. The zero-order valence-corrected chi connectivity index (χ0v) is 20.7. The number of ether oxygens (including phenoxy) is 2. The Balaban J connectivity index is 1.47. The molecule has 0 aromatic heterocycles. The Morgan fingerprint density at radius 1 is 0.452 bits per heavy atom. The van der Waals surface area contributed by atoms with Crippen LogP contribution in [0.15, 0.2) is 85.0 Å². The molecule has 0 atom stereocenters. The average Bonchev–Trinajstić information content (AvgIpc) is 3.43. The van der Waals surface area contributed by atoms with E-state index >= 15 is 0 Å². The van der Waals surface area contributed by atoms with Crippen LogP contribution in [0.5, 0.6) is 23.0 Å². The van der Waals surface area contributed by atoms with Gasteiger partial charge in [-0.3, -0.25) is 19.2 Å². The first-order valence-electron chi connectivity index (χ1n) is 11.7. The molecule has 14 heteroatoms. The van der Waals surface area contributed by atoms with Crippen LogP contribution < -0.4 is 19.3 Å². The summed E-state index contributed by atoms with van der Waals surface area (Å²) in [7, 11) is 0. The molecule has 0 fully saturated rings. The maximum atomic E-state index is 14.1. The molecule has 0 bridgehead atoms. The van der Waals surface area contributed by atoms with Gasteiger partial charge in [0.05, 0.1) is 11.4 Å². The molecule has 0 radical (unpaired) electrons. The lowest BCUT2D eigenvalue weighted by Gasteiger charge is -2.22. The summed E-state index contributed by atoms with van der Waals surface area (Å²) in [5, 5.41) is 0. The number of anilines is 2. The summed E-state index contributed by atoms with van der Waals surface area (Å²) in [6, 6.07) is 10.3. The highest BCUT2D eigenvalue weighted by atomic mass is 19.4. The first-order valence-corrected chi connectivity index (χ1v) is 11.7. The van der Waals surface area contributed by atoms with Gasteiger partial charge in [0.1, 0.15) is 34.1 Å². The molecule has 0 unspecified atom stereocenters. The Hall–Kier alpha value is -5.40. The number of alkyl halides is 6. The summed E-state index contributed by atoms with van der Waals surface area (Å²) >= 11 is 0. The Morgan fingerprint density at radius 3 is 1.00 bits per heavy atom. The number of hydrogen-bond acceptors (Lipinski definition) is 6. The molecule has 2 aliphatic heterocycles. The van der Waals surface area contributed by atoms with Crippen molar-refractivity contribution < 1.29 is 55.0 Å². The van der Waals surface area contributed by atoms with Crippen molar-refractivity contribution in [1.29, 1.82) is 0 Å². The minimum Gasteiger partial charge on any atom is -0.457 e. The standard InChI is InChI=1S/C28H14F6N2O6/c29-27(30,31)25-19(41-17-5-1-15(2-6-17)35-21(37)11-12-22(35)38)9-10-20(26(25)28(32,33)34)42-18-7-3-16(4-8-18)36-23(39)13-14-24(36)40/h1-14H. The first kappa shape index (κ1) is 28.1. The fraction of sp³-hybridized carbons (Fsp3) is 0.0714. The highest BCUT2D eigenvalue weighted by molar-refractivity contribution is 6.28. The van der Waals surface area contributed by atoms with Crippen LogP contribution in [0.2, 0.25) is 0 Å². The van der Waals surface area contributed by atoms with Gasteiger partial charge in [0, 0.05) is 24.3 Å². The highest BCUT2D eigenvalue weighted by Crippen LogP contribution is 2.50. The third kappa shape index (κ3) is 5.33. The Bertz CT molecular complexity index is 1510. The molecule has 0 saturated heterocycles. The molecule has 42 heavy (non-hydrogen) atoms. The van der Waals surface area contributed by atoms with Gasteiger partial charge in [-0.15, -0.1) is 0 Å². The van der Waals surface area contributed by atoms with E-state index in [0.717, 1.165) is 58.4 Å².